The third-order valence-electron chi connectivity index (χ3n) is 3.73. The van der Waals surface area contributed by atoms with Crippen LogP contribution in [0, 0.1) is 5.92 Å². The Morgan fingerprint density at radius 3 is 2.65 bits per heavy atom. The monoisotopic (exact) mass is 319 g/mol. The molecule has 1 aromatic rings. The summed E-state index contributed by atoms with van der Waals surface area (Å²) in [6.07, 6.45) is 3.63. The molecule has 1 aliphatic carbocycles. The first-order valence-electron chi connectivity index (χ1n) is 8.54. The molecule has 0 bridgehead atoms. The normalized spacial score (nSPS) is 14.6. The largest absolute Gasteiger partial charge is 0.497 e. The number of nitrogens with zero attached hydrogens (tertiary/aromatic N) is 1. The van der Waals surface area contributed by atoms with Gasteiger partial charge in [-0.25, -0.2) is 0 Å². The second-order valence-corrected chi connectivity index (χ2v) is 5.84. The molecule has 0 unspecified atom stereocenters. The predicted octanol–water partition coefficient (Wildman–Crippen LogP) is 2.57. The third-order valence-corrected chi connectivity index (χ3v) is 3.73. The zero-order valence-electron chi connectivity index (χ0n) is 14.3. The lowest BCUT2D eigenvalue weighted by Gasteiger charge is -2.11. The van der Waals surface area contributed by atoms with Crippen molar-refractivity contribution in [2.75, 3.05) is 33.4 Å². The van der Waals surface area contributed by atoms with Gasteiger partial charge in [0.1, 0.15) is 5.75 Å². The average molecular weight is 319 g/mol. The molecule has 0 heterocycles. The molecule has 0 aromatic heterocycles. The summed E-state index contributed by atoms with van der Waals surface area (Å²) < 4.78 is 10.8. The molecule has 128 valence electrons. The van der Waals surface area contributed by atoms with Gasteiger partial charge in [-0.1, -0.05) is 12.1 Å². The fraction of sp³-hybridized carbons (Fsp3) is 0.611. The standard InChI is InChI=1S/C18H29N3O2/c1-3-19-18(21-13-15-5-6-15)20-11-4-12-23-14-16-7-9-17(22-2)10-8-16/h7-10,15H,3-6,11-14H2,1-2H3,(H2,19,20,21). The number of guanidine groups is 1. The maximum absolute atomic E-state index is 5.70. The van der Waals surface area contributed by atoms with Crippen molar-refractivity contribution in [1.82, 2.24) is 10.6 Å². The lowest BCUT2D eigenvalue weighted by Crippen LogP contribution is -2.38. The average Bonchev–Trinajstić information content (AvgIpc) is 3.40. The van der Waals surface area contributed by atoms with Crippen molar-refractivity contribution in [1.29, 1.82) is 0 Å². The molecule has 0 saturated heterocycles. The highest BCUT2D eigenvalue weighted by molar-refractivity contribution is 5.79. The Balaban J connectivity index is 1.55. The van der Waals surface area contributed by atoms with E-state index < -0.39 is 0 Å². The molecular formula is C18H29N3O2. The van der Waals surface area contributed by atoms with Crippen LogP contribution in [0.4, 0.5) is 0 Å². The number of methoxy groups -OCH3 is 1. The summed E-state index contributed by atoms with van der Waals surface area (Å²) in [5, 5.41) is 6.64. The summed E-state index contributed by atoms with van der Waals surface area (Å²) in [6, 6.07) is 7.98. The maximum atomic E-state index is 5.70. The highest BCUT2D eigenvalue weighted by atomic mass is 16.5. The molecule has 1 saturated carbocycles. The molecule has 1 aromatic carbocycles. The quantitative estimate of drug-likeness (QED) is 0.395. The molecule has 0 aliphatic heterocycles. The minimum atomic E-state index is 0.639. The SMILES string of the molecule is CCNC(=NCC1CC1)NCCCOCc1ccc(OC)cc1. The van der Waals surface area contributed by atoms with E-state index in [1.54, 1.807) is 7.11 Å². The van der Waals surface area contributed by atoms with E-state index in [1.807, 2.05) is 24.3 Å². The molecule has 5 heteroatoms. The van der Waals surface area contributed by atoms with Crippen LogP contribution in [0.3, 0.4) is 0 Å². The zero-order chi connectivity index (χ0) is 16.3. The van der Waals surface area contributed by atoms with E-state index in [1.165, 1.54) is 12.8 Å². The molecule has 5 nitrogen and oxygen atoms in total. The van der Waals surface area contributed by atoms with Crippen molar-refractivity contribution in [3.05, 3.63) is 29.8 Å². The number of hydrogen-bond acceptors (Lipinski definition) is 3. The van der Waals surface area contributed by atoms with Crippen molar-refractivity contribution in [2.45, 2.75) is 32.8 Å². The first-order chi connectivity index (χ1) is 11.3. The molecule has 2 N–H and O–H groups in total. The van der Waals surface area contributed by atoms with Gasteiger partial charge in [0.25, 0.3) is 0 Å². The number of rotatable bonds is 10. The van der Waals surface area contributed by atoms with Gasteiger partial charge in [0.05, 0.1) is 13.7 Å². The second kappa shape index (κ2) is 10.1. The van der Waals surface area contributed by atoms with Crippen molar-refractivity contribution < 1.29 is 9.47 Å². The lowest BCUT2D eigenvalue weighted by atomic mass is 10.2. The Hall–Kier alpha value is -1.75. The topological polar surface area (TPSA) is 54.9 Å². The summed E-state index contributed by atoms with van der Waals surface area (Å²) in [7, 11) is 1.67. The van der Waals surface area contributed by atoms with Gasteiger partial charge >= 0.3 is 0 Å². The van der Waals surface area contributed by atoms with Crippen LogP contribution >= 0.6 is 0 Å². The Bertz CT molecular complexity index is 470. The van der Waals surface area contributed by atoms with E-state index in [0.29, 0.717) is 6.61 Å². The molecule has 2 rings (SSSR count). The molecule has 0 amide bonds. The van der Waals surface area contributed by atoms with Gasteiger partial charge in [-0.05, 0) is 49.8 Å². The van der Waals surface area contributed by atoms with Crippen LogP contribution in [0.15, 0.2) is 29.3 Å². The van der Waals surface area contributed by atoms with Crippen LogP contribution in [0.25, 0.3) is 0 Å². The van der Waals surface area contributed by atoms with Crippen molar-refractivity contribution >= 4 is 5.96 Å². The minimum Gasteiger partial charge on any atom is -0.497 e. The van der Waals surface area contributed by atoms with E-state index in [0.717, 1.165) is 55.9 Å². The van der Waals surface area contributed by atoms with Gasteiger partial charge in [0, 0.05) is 26.2 Å². The van der Waals surface area contributed by atoms with Crippen LogP contribution in [0.1, 0.15) is 31.7 Å². The van der Waals surface area contributed by atoms with Gasteiger partial charge in [-0.3, -0.25) is 4.99 Å². The first-order valence-corrected chi connectivity index (χ1v) is 8.54. The first kappa shape index (κ1) is 17.6. The Kier molecular flexibility index (Phi) is 7.73. The molecule has 0 radical (unpaired) electrons. The van der Waals surface area contributed by atoms with Crippen molar-refractivity contribution in [2.24, 2.45) is 10.9 Å². The zero-order valence-corrected chi connectivity index (χ0v) is 14.3. The molecule has 1 aliphatic rings. The van der Waals surface area contributed by atoms with E-state index in [9.17, 15) is 0 Å². The minimum absolute atomic E-state index is 0.639. The van der Waals surface area contributed by atoms with E-state index in [4.69, 9.17) is 9.47 Å². The van der Waals surface area contributed by atoms with Crippen LogP contribution in [-0.4, -0.2) is 39.3 Å². The number of hydrogen-bond donors (Lipinski definition) is 2. The highest BCUT2D eigenvalue weighted by Crippen LogP contribution is 2.28. The summed E-state index contributed by atoms with van der Waals surface area (Å²) in [6.45, 7) is 6.18. The summed E-state index contributed by atoms with van der Waals surface area (Å²) in [5.41, 5.74) is 1.16. The number of aliphatic imine (C=N–C) groups is 1. The van der Waals surface area contributed by atoms with Gasteiger partial charge in [-0.2, -0.15) is 0 Å². The lowest BCUT2D eigenvalue weighted by molar-refractivity contribution is 0.119. The summed E-state index contributed by atoms with van der Waals surface area (Å²) in [4.78, 5) is 4.60. The molecule has 0 spiro atoms. The van der Waals surface area contributed by atoms with E-state index >= 15 is 0 Å². The third kappa shape index (κ3) is 7.37. The van der Waals surface area contributed by atoms with Gasteiger partial charge in [-0.15, -0.1) is 0 Å². The summed E-state index contributed by atoms with van der Waals surface area (Å²) in [5.74, 6) is 2.62. The van der Waals surface area contributed by atoms with Crippen molar-refractivity contribution in [3.63, 3.8) is 0 Å². The van der Waals surface area contributed by atoms with Gasteiger partial charge in [0.15, 0.2) is 5.96 Å². The summed E-state index contributed by atoms with van der Waals surface area (Å²) >= 11 is 0. The molecular weight excluding hydrogens is 290 g/mol. The van der Waals surface area contributed by atoms with Gasteiger partial charge < -0.3 is 20.1 Å². The van der Waals surface area contributed by atoms with Crippen LogP contribution in [0.5, 0.6) is 5.75 Å². The molecule has 23 heavy (non-hydrogen) atoms. The van der Waals surface area contributed by atoms with Crippen LogP contribution < -0.4 is 15.4 Å². The van der Waals surface area contributed by atoms with Crippen LogP contribution in [0.2, 0.25) is 0 Å². The Morgan fingerprint density at radius 1 is 1.22 bits per heavy atom. The maximum Gasteiger partial charge on any atom is 0.191 e. The Labute approximate surface area is 139 Å². The van der Waals surface area contributed by atoms with E-state index in [2.05, 4.69) is 22.5 Å². The number of nitrogens with one attached hydrogen (secondary N) is 2. The van der Waals surface area contributed by atoms with Gasteiger partial charge in [0.2, 0.25) is 0 Å². The highest BCUT2D eigenvalue weighted by Gasteiger charge is 2.20. The number of ether oxygens (including phenoxy) is 2. The fourth-order valence-electron chi connectivity index (χ4n) is 2.16. The van der Waals surface area contributed by atoms with E-state index in [-0.39, 0.29) is 0 Å². The predicted molar refractivity (Wildman–Crippen MR) is 94.0 cm³/mol. The molecule has 1 fully saturated rings. The number of benzene rings is 1. The Morgan fingerprint density at radius 2 is 2.00 bits per heavy atom. The molecule has 0 atom stereocenters. The second-order valence-electron chi connectivity index (χ2n) is 5.84. The fourth-order valence-corrected chi connectivity index (χ4v) is 2.16. The van der Waals surface area contributed by atoms with Crippen molar-refractivity contribution in [3.8, 4) is 5.75 Å². The smallest absolute Gasteiger partial charge is 0.191 e. The van der Waals surface area contributed by atoms with Crippen LogP contribution in [-0.2, 0) is 11.3 Å².